The Morgan fingerprint density at radius 1 is 1.16 bits per heavy atom. The zero-order chi connectivity index (χ0) is 17.9. The number of carbonyl (C=O) groups is 2. The molecule has 3 rings (SSSR count). The SMILES string of the molecule is CC(C)(C(=O)Nc1ccc(CC(=O)NC2CC2)cc1)N1CCOCC1. The Balaban J connectivity index is 1.54. The summed E-state index contributed by atoms with van der Waals surface area (Å²) in [5, 5.41) is 5.96. The van der Waals surface area contributed by atoms with E-state index in [-0.39, 0.29) is 11.8 Å². The molecule has 6 heteroatoms. The molecule has 136 valence electrons. The lowest BCUT2D eigenvalue weighted by Crippen LogP contribution is -2.56. The van der Waals surface area contributed by atoms with E-state index < -0.39 is 5.54 Å². The molecule has 2 fully saturated rings. The van der Waals surface area contributed by atoms with E-state index in [1.54, 1.807) is 0 Å². The molecule has 0 bridgehead atoms. The van der Waals surface area contributed by atoms with Crippen molar-refractivity contribution in [1.82, 2.24) is 10.2 Å². The molecule has 0 spiro atoms. The Morgan fingerprint density at radius 2 is 1.80 bits per heavy atom. The van der Waals surface area contributed by atoms with Crippen LogP contribution in [0.3, 0.4) is 0 Å². The highest BCUT2D eigenvalue weighted by atomic mass is 16.5. The minimum atomic E-state index is -0.591. The summed E-state index contributed by atoms with van der Waals surface area (Å²) < 4.78 is 5.36. The van der Waals surface area contributed by atoms with E-state index in [1.165, 1.54) is 0 Å². The van der Waals surface area contributed by atoms with Crippen LogP contribution in [0.25, 0.3) is 0 Å². The molecule has 0 radical (unpaired) electrons. The van der Waals surface area contributed by atoms with E-state index >= 15 is 0 Å². The van der Waals surface area contributed by atoms with Crippen molar-refractivity contribution in [3.05, 3.63) is 29.8 Å². The molecule has 1 heterocycles. The maximum Gasteiger partial charge on any atom is 0.244 e. The summed E-state index contributed by atoms with van der Waals surface area (Å²) in [6.07, 6.45) is 2.56. The molecule has 1 saturated heterocycles. The predicted octanol–water partition coefficient (Wildman–Crippen LogP) is 1.56. The van der Waals surface area contributed by atoms with Gasteiger partial charge in [0.25, 0.3) is 0 Å². The number of anilines is 1. The standard InChI is InChI=1S/C19H27N3O3/c1-19(2,22-9-11-25-12-10-22)18(24)21-16-5-3-14(4-6-16)13-17(23)20-15-7-8-15/h3-6,15H,7-13H2,1-2H3,(H,20,23)(H,21,24). The van der Waals surface area contributed by atoms with Crippen LogP contribution in [0.2, 0.25) is 0 Å². The number of nitrogens with zero attached hydrogens (tertiary/aromatic N) is 1. The van der Waals surface area contributed by atoms with Gasteiger partial charge < -0.3 is 15.4 Å². The first-order chi connectivity index (χ1) is 11.9. The highest BCUT2D eigenvalue weighted by molar-refractivity contribution is 5.97. The number of ether oxygens (including phenoxy) is 1. The maximum absolute atomic E-state index is 12.7. The fourth-order valence-electron chi connectivity index (χ4n) is 2.95. The van der Waals surface area contributed by atoms with Crippen LogP contribution in [-0.4, -0.2) is 54.6 Å². The Bertz CT molecular complexity index is 617. The molecule has 0 aromatic heterocycles. The fourth-order valence-corrected chi connectivity index (χ4v) is 2.95. The summed E-state index contributed by atoms with van der Waals surface area (Å²) in [4.78, 5) is 26.6. The molecule has 2 amide bonds. The van der Waals surface area contributed by atoms with Crippen molar-refractivity contribution in [3.63, 3.8) is 0 Å². The predicted molar refractivity (Wildman–Crippen MR) is 96.4 cm³/mol. The molecule has 1 aliphatic carbocycles. The molecular formula is C19H27N3O3. The van der Waals surface area contributed by atoms with Crippen LogP contribution in [0.5, 0.6) is 0 Å². The summed E-state index contributed by atoms with van der Waals surface area (Å²) in [7, 11) is 0. The second kappa shape index (κ2) is 7.54. The second-order valence-corrected chi connectivity index (χ2v) is 7.33. The van der Waals surface area contributed by atoms with Gasteiger partial charge in [-0.1, -0.05) is 12.1 Å². The Hall–Kier alpha value is -1.92. The molecule has 1 aromatic carbocycles. The van der Waals surface area contributed by atoms with Crippen LogP contribution in [0, 0.1) is 0 Å². The molecule has 1 saturated carbocycles. The lowest BCUT2D eigenvalue weighted by Gasteiger charge is -2.39. The minimum absolute atomic E-state index is 0.0337. The molecule has 0 atom stereocenters. The Morgan fingerprint density at radius 3 is 2.40 bits per heavy atom. The van der Waals surface area contributed by atoms with Gasteiger partial charge in [0.15, 0.2) is 0 Å². The van der Waals surface area contributed by atoms with Crippen molar-refractivity contribution in [2.45, 2.75) is 44.7 Å². The van der Waals surface area contributed by atoms with E-state index in [9.17, 15) is 9.59 Å². The first-order valence-corrected chi connectivity index (χ1v) is 8.98. The highest BCUT2D eigenvalue weighted by Crippen LogP contribution is 2.20. The van der Waals surface area contributed by atoms with E-state index in [2.05, 4.69) is 15.5 Å². The Kier molecular flexibility index (Phi) is 5.39. The van der Waals surface area contributed by atoms with Gasteiger partial charge in [0, 0.05) is 24.8 Å². The van der Waals surface area contributed by atoms with Gasteiger partial charge in [0.1, 0.15) is 0 Å². The molecule has 1 aromatic rings. The van der Waals surface area contributed by atoms with Crippen LogP contribution in [-0.2, 0) is 20.7 Å². The molecule has 6 nitrogen and oxygen atoms in total. The highest BCUT2D eigenvalue weighted by Gasteiger charge is 2.35. The van der Waals surface area contributed by atoms with Gasteiger partial charge >= 0.3 is 0 Å². The quantitative estimate of drug-likeness (QED) is 0.821. The van der Waals surface area contributed by atoms with Gasteiger partial charge in [-0.15, -0.1) is 0 Å². The first-order valence-electron chi connectivity index (χ1n) is 8.98. The van der Waals surface area contributed by atoms with Gasteiger partial charge in [-0.2, -0.15) is 0 Å². The average molecular weight is 345 g/mol. The maximum atomic E-state index is 12.7. The van der Waals surface area contributed by atoms with Crippen LogP contribution < -0.4 is 10.6 Å². The van der Waals surface area contributed by atoms with Crippen molar-refractivity contribution in [2.75, 3.05) is 31.6 Å². The Labute approximate surface area is 148 Å². The lowest BCUT2D eigenvalue weighted by atomic mass is 10.0. The van der Waals surface area contributed by atoms with Gasteiger partial charge in [-0.3, -0.25) is 14.5 Å². The smallest absolute Gasteiger partial charge is 0.244 e. The van der Waals surface area contributed by atoms with Crippen molar-refractivity contribution < 1.29 is 14.3 Å². The first kappa shape index (κ1) is 17.9. The number of hydrogen-bond acceptors (Lipinski definition) is 4. The molecule has 1 aliphatic heterocycles. The third-order valence-corrected chi connectivity index (χ3v) is 4.88. The zero-order valence-corrected chi connectivity index (χ0v) is 15.0. The lowest BCUT2D eigenvalue weighted by molar-refractivity contribution is -0.129. The molecule has 0 unspecified atom stereocenters. The third-order valence-electron chi connectivity index (χ3n) is 4.88. The number of amides is 2. The fraction of sp³-hybridized carbons (Fsp3) is 0.579. The van der Waals surface area contributed by atoms with Crippen LogP contribution in [0.15, 0.2) is 24.3 Å². The van der Waals surface area contributed by atoms with E-state index in [1.807, 2.05) is 38.1 Å². The van der Waals surface area contributed by atoms with E-state index in [0.29, 0.717) is 25.7 Å². The largest absolute Gasteiger partial charge is 0.379 e. The number of hydrogen-bond donors (Lipinski definition) is 2. The third kappa shape index (κ3) is 4.80. The average Bonchev–Trinajstić information content (AvgIpc) is 3.41. The molecule has 25 heavy (non-hydrogen) atoms. The van der Waals surface area contributed by atoms with Crippen molar-refractivity contribution in [1.29, 1.82) is 0 Å². The number of carbonyl (C=O) groups excluding carboxylic acids is 2. The zero-order valence-electron chi connectivity index (χ0n) is 15.0. The van der Waals surface area contributed by atoms with Crippen LogP contribution >= 0.6 is 0 Å². The number of rotatable bonds is 6. The minimum Gasteiger partial charge on any atom is -0.379 e. The summed E-state index contributed by atoms with van der Waals surface area (Å²) in [6.45, 7) is 6.71. The van der Waals surface area contributed by atoms with E-state index in [4.69, 9.17) is 4.74 Å². The van der Waals surface area contributed by atoms with Crippen LogP contribution in [0.1, 0.15) is 32.3 Å². The van der Waals surface area contributed by atoms with Crippen molar-refractivity contribution in [2.24, 2.45) is 0 Å². The molecular weight excluding hydrogens is 318 g/mol. The van der Waals surface area contributed by atoms with Crippen LogP contribution in [0.4, 0.5) is 5.69 Å². The van der Waals surface area contributed by atoms with Gasteiger partial charge in [0.2, 0.25) is 11.8 Å². The number of benzene rings is 1. The van der Waals surface area contributed by atoms with Gasteiger partial charge in [-0.05, 0) is 44.4 Å². The number of nitrogens with one attached hydrogen (secondary N) is 2. The van der Waals surface area contributed by atoms with Gasteiger partial charge in [0.05, 0.1) is 25.2 Å². The normalized spacial score (nSPS) is 18.6. The van der Waals surface area contributed by atoms with E-state index in [0.717, 1.165) is 37.2 Å². The van der Waals surface area contributed by atoms with Crippen molar-refractivity contribution in [3.8, 4) is 0 Å². The summed E-state index contributed by atoms with van der Waals surface area (Å²) in [6, 6.07) is 7.88. The molecule has 2 aliphatic rings. The summed E-state index contributed by atoms with van der Waals surface area (Å²) in [5.41, 5.74) is 1.10. The molecule has 2 N–H and O–H groups in total. The van der Waals surface area contributed by atoms with Gasteiger partial charge in [-0.25, -0.2) is 0 Å². The topological polar surface area (TPSA) is 70.7 Å². The monoisotopic (exact) mass is 345 g/mol. The summed E-state index contributed by atoms with van der Waals surface area (Å²) in [5.74, 6) is 0.0290. The number of morpholine rings is 1. The summed E-state index contributed by atoms with van der Waals surface area (Å²) >= 11 is 0. The second-order valence-electron chi connectivity index (χ2n) is 7.33. The van der Waals surface area contributed by atoms with Crippen molar-refractivity contribution >= 4 is 17.5 Å².